The van der Waals surface area contributed by atoms with Crippen LogP contribution in [0.1, 0.15) is 36.3 Å². The molecule has 1 atom stereocenters. The molecule has 1 N–H and O–H groups in total. The van der Waals surface area contributed by atoms with E-state index in [2.05, 4.69) is 66.3 Å². The first-order valence-electron chi connectivity index (χ1n) is 6.61. The Morgan fingerprint density at radius 2 is 1.84 bits per heavy atom. The highest BCUT2D eigenvalue weighted by atomic mass is 79.9. The summed E-state index contributed by atoms with van der Waals surface area (Å²) in [4.78, 5) is 0. The zero-order valence-electron chi connectivity index (χ0n) is 11.9. The number of hydrogen-bond acceptors (Lipinski definition) is 2. The van der Waals surface area contributed by atoms with E-state index < -0.39 is 0 Å². The van der Waals surface area contributed by atoms with Crippen molar-refractivity contribution in [1.82, 2.24) is 5.32 Å². The van der Waals surface area contributed by atoms with E-state index in [4.69, 9.17) is 4.42 Å². The first-order valence-corrected chi connectivity index (χ1v) is 7.40. The molecule has 1 heterocycles. The molecule has 0 amide bonds. The van der Waals surface area contributed by atoms with E-state index in [0.717, 1.165) is 23.5 Å². The summed E-state index contributed by atoms with van der Waals surface area (Å²) in [6, 6.07) is 8.70. The van der Waals surface area contributed by atoms with Gasteiger partial charge < -0.3 is 9.73 Å². The standard InChI is InChI=1S/C16H20BrNO/c1-5-13(18-4)15-7-6-14(19-15)12-8-10(2)16(17)11(3)9-12/h6-9,13,18H,5H2,1-4H3. The minimum absolute atomic E-state index is 0.284. The molecule has 0 fully saturated rings. The second-order valence-corrected chi connectivity index (χ2v) is 5.67. The van der Waals surface area contributed by atoms with Gasteiger partial charge in [-0.2, -0.15) is 0 Å². The van der Waals surface area contributed by atoms with E-state index in [-0.39, 0.29) is 6.04 Å². The van der Waals surface area contributed by atoms with E-state index in [0.29, 0.717) is 0 Å². The third-order valence-corrected chi connectivity index (χ3v) is 4.70. The summed E-state index contributed by atoms with van der Waals surface area (Å²) in [6.07, 6.45) is 1.02. The normalized spacial score (nSPS) is 12.7. The third-order valence-electron chi connectivity index (χ3n) is 3.45. The van der Waals surface area contributed by atoms with Crippen LogP contribution in [0.2, 0.25) is 0 Å². The molecule has 0 saturated heterocycles. The molecule has 0 aliphatic heterocycles. The van der Waals surface area contributed by atoms with Crippen molar-refractivity contribution < 1.29 is 4.42 Å². The van der Waals surface area contributed by atoms with Gasteiger partial charge in [-0.05, 0) is 62.7 Å². The van der Waals surface area contributed by atoms with Gasteiger partial charge >= 0.3 is 0 Å². The molecule has 19 heavy (non-hydrogen) atoms. The minimum Gasteiger partial charge on any atom is -0.459 e. The fourth-order valence-corrected chi connectivity index (χ4v) is 2.56. The maximum atomic E-state index is 5.99. The maximum Gasteiger partial charge on any atom is 0.134 e. The van der Waals surface area contributed by atoms with Crippen molar-refractivity contribution in [2.75, 3.05) is 7.05 Å². The van der Waals surface area contributed by atoms with Crippen LogP contribution in [0, 0.1) is 13.8 Å². The van der Waals surface area contributed by atoms with Crippen LogP contribution in [0.4, 0.5) is 0 Å². The number of halogens is 1. The zero-order chi connectivity index (χ0) is 14.0. The zero-order valence-corrected chi connectivity index (χ0v) is 13.5. The van der Waals surface area contributed by atoms with Crippen molar-refractivity contribution in [1.29, 1.82) is 0 Å². The largest absolute Gasteiger partial charge is 0.459 e. The second-order valence-electron chi connectivity index (χ2n) is 4.88. The molecule has 2 nitrogen and oxygen atoms in total. The highest BCUT2D eigenvalue weighted by Crippen LogP contribution is 2.31. The Morgan fingerprint density at radius 1 is 1.21 bits per heavy atom. The van der Waals surface area contributed by atoms with Crippen molar-refractivity contribution in [3.8, 4) is 11.3 Å². The third kappa shape index (κ3) is 2.93. The lowest BCUT2D eigenvalue weighted by molar-refractivity contribution is 0.431. The molecule has 1 aromatic carbocycles. The summed E-state index contributed by atoms with van der Waals surface area (Å²) in [5, 5.41) is 3.26. The predicted molar refractivity (Wildman–Crippen MR) is 83.4 cm³/mol. The van der Waals surface area contributed by atoms with Gasteiger partial charge in [-0.3, -0.25) is 0 Å². The number of rotatable bonds is 4. The Balaban J connectivity index is 2.38. The SMILES string of the molecule is CCC(NC)c1ccc(-c2cc(C)c(Br)c(C)c2)o1. The maximum absolute atomic E-state index is 5.99. The van der Waals surface area contributed by atoms with Crippen molar-refractivity contribution in [2.24, 2.45) is 0 Å². The lowest BCUT2D eigenvalue weighted by Crippen LogP contribution is -2.14. The summed E-state index contributed by atoms with van der Waals surface area (Å²) in [7, 11) is 1.96. The molecule has 0 spiro atoms. The molecule has 0 radical (unpaired) electrons. The lowest BCUT2D eigenvalue weighted by atomic mass is 10.1. The highest BCUT2D eigenvalue weighted by Gasteiger charge is 2.13. The van der Waals surface area contributed by atoms with Gasteiger partial charge in [-0.1, -0.05) is 22.9 Å². The molecule has 3 heteroatoms. The van der Waals surface area contributed by atoms with E-state index in [1.807, 2.05) is 7.05 Å². The smallest absolute Gasteiger partial charge is 0.134 e. The topological polar surface area (TPSA) is 25.2 Å². The molecular formula is C16H20BrNO. The number of nitrogens with one attached hydrogen (secondary N) is 1. The first-order chi connectivity index (χ1) is 9.06. The van der Waals surface area contributed by atoms with Gasteiger partial charge in [0.1, 0.15) is 11.5 Å². The number of furan rings is 1. The van der Waals surface area contributed by atoms with Crippen LogP contribution in [-0.4, -0.2) is 7.05 Å². The van der Waals surface area contributed by atoms with E-state index in [1.165, 1.54) is 15.6 Å². The monoisotopic (exact) mass is 321 g/mol. The van der Waals surface area contributed by atoms with Crippen molar-refractivity contribution in [3.63, 3.8) is 0 Å². The Bertz CT molecular complexity index is 547. The van der Waals surface area contributed by atoms with Gasteiger partial charge in [0.05, 0.1) is 6.04 Å². The van der Waals surface area contributed by atoms with Gasteiger partial charge in [-0.25, -0.2) is 0 Å². The molecule has 1 unspecified atom stereocenters. The van der Waals surface area contributed by atoms with Gasteiger partial charge in [0.15, 0.2) is 0 Å². The molecule has 102 valence electrons. The van der Waals surface area contributed by atoms with E-state index >= 15 is 0 Å². The van der Waals surface area contributed by atoms with Crippen LogP contribution in [0.3, 0.4) is 0 Å². The quantitative estimate of drug-likeness (QED) is 0.857. The minimum atomic E-state index is 0.284. The second kappa shape index (κ2) is 5.93. The molecule has 0 saturated carbocycles. The van der Waals surface area contributed by atoms with Gasteiger partial charge in [0.25, 0.3) is 0 Å². The van der Waals surface area contributed by atoms with Crippen molar-refractivity contribution >= 4 is 15.9 Å². The number of aryl methyl sites for hydroxylation is 2. The summed E-state index contributed by atoms with van der Waals surface area (Å²) in [6.45, 7) is 6.36. The van der Waals surface area contributed by atoms with E-state index in [9.17, 15) is 0 Å². The average Bonchev–Trinajstić information content (AvgIpc) is 2.86. The fraction of sp³-hybridized carbons (Fsp3) is 0.375. The first kappa shape index (κ1) is 14.4. The van der Waals surface area contributed by atoms with Crippen LogP contribution in [0.25, 0.3) is 11.3 Å². The van der Waals surface area contributed by atoms with Crippen LogP contribution in [0.5, 0.6) is 0 Å². The van der Waals surface area contributed by atoms with E-state index in [1.54, 1.807) is 0 Å². The number of hydrogen-bond donors (Lipinski definition) is 1. The lowest BCUT2D eigenvalue weighted by Gasteiger charge is -2.10. The Hall–Kier alpha value is -1.06. The molecule has 2 aromatic rings. The highest BCUT2D eigenvalue weighted by molar-refractivity contribution is 9.10. The van der Waals surface area contributed by atoms with Gasteiger partial charge in [0.2, 0.25) is 0 Å². The fourth-order valence-electron chi connectivity index (χ4n) is 2.33. The molecule has 0 bridgehead atoms. The van der Waals surface area contributed by atoms with Crippen molar-refractivity contribution in [3.05, 3.63) is 45.6 Å². The average molecular weight is 322 g/mol. The molecule has 0 aliphatic carbocycles. The summed E-state index contributed by atoms with van der Waals surface area (Å²) < 4.78 is 7.16. The summed E-state index contributed by atoms with van der Waals surface area (Å²) in [5.74, 6) is 1.93. The molecular weight excluding hydrogens is 302 g/mol. The van der Waals surface area contributed by atoms with Crippen LogP contribution in [-0.2, 0) is 0 Å². The van der Waals surface area contributed by atoms with Crippen LogP contribution < -0.4 is 5.32 Å². The Kier molecular flexibility index (Phi) is 4.48. The van der Waals surface area contributed by atoms with Crippen LogP contribution >= 0.6 is 15.9 Å². The summed E-state index contributed by atoms with van der Waals surface area (Å²) >= 11 is 3.60. The molecule has 1 aromatic heterocycles. The number of benzene rings is 1. The van der Waals surface area contributed by atoms with Crippen LogP contribution in [0.15, 0.2) is 33.2 Å². The Labute approximate surface area is 123 Å². The predicted octanol–water partition coefficient (Wildman–Crippen LogP) is 5.00. The summed E-state index contributed by atoms with van der Waals surface area (Å²) in [5.41, 5.74) is 3.60. The molecule has 0 aliphatic rings. The van der Waals surface area contributed by atoms with Gasteiger partial charge in [-0.15, -0.1) is 0 Å². The Morgan fingerprint density at radius 3 is 2.37 bits per heavy atom. The van der Waals surface area contributed by atoms with Crippen molar-refractivity contribution in [2.45, 2.75) is 33.2 Å². The molecule has 2 rings (SSSR count). The van der Waals surface area contributed by atoms with Gasteiger partial charge in [0, 0.05) is 10.0 Å².